The van der Waals surface area contributed by atoms with E-state index in [1.165, 1.54) is 44.9 Å². The van der Waals surface area contributed by atoms with Gasteiger partial charge in [0.2, 0.25) is 0 Å². The van der Waals surface area contributed by atoms with E-state index in [1.54, 1.807) is 0 Å². The average Bonchev–Trinajstić information content (AvgIpc) is 2.95. The highest BCUT2D eigenvalue weighted by Crippen LogP contribution is 2.36. The van der Waals surface area contributed by atoms with Gasteiger partial charge in [-0.05, 0) is 31.7 Å². The quantitative estimate of drug-likeness (QED) is 0.699. The fraction of sp³-hybridized carbons (Fsp3) is 1.00. The fourth-order valence-electron chi connectivity index (χ4n) is 2.59. The van der Waals surface area contributed by atoms with Gasteiger partial charge in [-0.15, -0.1) is 0 Å². The number of likely N-dealkylation sites (N-methyl/N-ethyl adjacent to an activating group) is 1. The van der Waals surface area contributed by atoms with Gasteiger partial charge in [0.15, 0.2) is 0 Å². The van der Waals surface area contributed by atoms with E-state index in [-0.39, 0.29) is 5.60 Å². The Labute approximate surface area is 93.8 Å². The maximum absolute atomic E-state index is 6.18. The lowest BCUT2D eigenvalue weighted by molar-refractivity contribution is -0.0413. The first-order valence-electron chi connectivity index (χ1n) is 6.69. The highest BCUT2D eigenvalue weighted by molar-refractivity contribution is 4.88. The van der Waals surface area contributed by atoms with Crippen molar-refractivity contribution in [2.24, 2.45) is 5.92 Å². The molecule has 0 aromatic rings. The molecule has 1 N–H and O–H groups in total. The topological polar surface area (TPSA) is 21.3 Å². The zero-order valence-electron chi connectivity index (χ0n) is 10.1. The smallest absolute Gasteiger partial charge is 0.0806 e. The van der Waals surface area contributed by atoms with Crippen LogP contribution >= 0.6 is 0 Å². The van der Waals surface area contributed by atoms with Crippen molar-refractivity contribution in [1.82, 2.24) is 5.32 Å². The largest absolute Gasteiger partial charge is 0.374 e. The summed E-state index contributed by atoms with van der Waals surface area (Å²) in [5.74, 6) is 1.00. The van der Waals surface area contributed by atoms with Gasteiger partial charge in [-0.1, -0.05) is 32.6 Å². The van der Waals surface area contributed by atoms with Gasteiger partial charge >= 0.3 is 0 Å². The second kappa shape index (κ2) is 5.31. The van der Waals surface area contributed by atoms with E-state index in [2.05, 4.69) is 12.2 Å². The number of rotatable bonds is 7. The number of nitrogens with one attached hydrogen (secondary N) is 1. The summed E-state index contributed by atoms with van der Waals surface area (Å²) in [7, 11) is 0. The molecule has 0 atom stereocenters. The van der Waals surface area contributed by atoms with Crippen molar-refractivity contribution in [3.05, 3.63) is 0 Å². The van der Waals surface area contributed by atoms with Crippen LogP contribution in [-0.2, 0) is 4.74 Å². The van der Waals surface area contributed by atoms with Crippen molar-refractivity contribution < 1.29 is 4.74 Å². The van der Waals surface area contributed by atoms with Crippen LogP contribution in [0.2, 0.25) is 0 Å². The molecular weight excluding hydrogens is 186 g/mol. The van der Waals surface area contributed by atoms with Crippen molar-refractivity contribution in [3.8, 4) is 0 Å². The summed E-state index contributed by atoms with van der Waals surface area (Å²) in [6, 6.07) is 0. The maximum atomic E-state index is 6.18. The predicted molar refractivity (Wildman–Crippen MR) is 63.0 cm³/mol. The van der Waals surface area contributed by atoms with Crippen molar-refractivity contribution in [2.45, 2.75) is 57.5 Å². The van der Waals surface area contributed by atoms with Gasteiger partial charge < -0.3 is 10.1 Å². The Hall–Kier alpha value is -0.0800. The predicted octanol–water partition coefficient (Wildman–Crippen LogP) is 2.73. The van der Waals surface area contributed by atoms with Crippen LogP contribution in [0.5, 0.6) is 0 Å². The van der Waals surface area contributed by atoms with Crippen LogP contribution in [0.15, 0.2) is 0 Å². The molecular formula is C13H25NO. The summed E-state index contributed by atoms with van der Waals surface area (Å²) < 4.78 is 6.18. The molecule has 15 heavy (non-hydrogen) atoms. The molecule has 2 aliphatic rings. The molecule has 2 nitrogen and oxygen atoms in total. The average molecular weight is 211 g/mol. The molecule has 2 heteroatoms. The molecule has 2 saturated carbocycles. The van der Waals surface area contributed by atoms with Crippen LogP contribution in [0.1, 0.15) is 51.9 Å². The van der Waals surface area contributed by atoms with Gasteiger partial charge in [0.25, 0.3) is 0 Å². The van der Waals surface area contributed by atoms with Crippen LogP contribution in [-0.4, -0.2) is 25.3 Å². The summed E-state index contributed by atoms with van der Waals surface area (Å²) in [6.07, 6.45) is 9.44. The normalized spacial score (nSPS) is 24.6. The molecule has 88 valence electrons. The number of ether oxygens (including phenoxy) is 1. The van der Waals surface area contributed by atoms with E-state index in [0.717, 1.165) is 25.6 Å². The van der Waals surface area contributed by atoms with Gasteiger partial charge in [-0.25, -0.2) is 0 Å². The van der Waals surface area contributed by atoms with Gasteiger partial charge in [-0.3, -0.25) is 0 Å². The molecule has 0 aliphatic heterocycles. The number of hydrogen-bond acceptors (Lipinski definition) is 2. The van der Waals surface area contributed by atoms with Crippen molar-refractivity contribution in [1.29, 1.82) is 0 Å². The third-order valence-corrected chi connectivity index (χ3v) is 3.84. The van der Waals surface area contributed by atoms with E-state index in [4.69, 9.17) is 4.74 Å². The van der Waals surface area contributed by atoms with Crippen LogP contribution in [0.25, 0.3) is 0 Å². The summed E-state index contributed by atoms with van der Waals surface area (Å²) in [5, 5.41) is 3.46. The third-order valence-electron chi connectivity index (χ3n) is 3.84. The monoisotopic (exact) mass is 211 g/mol. The second-order valence-electron chi connectivity index (χ2n) is 5.25. The molecule has 0 aromatic heterocycles. The molecule has 0 radical (unpaired) electrons. The lowest BCUT2D eigenvalue weighted by Crippen LogP contribution is -2.41. The van der Waals surface area contributed by atoms with Gasteiger partial charge in [0.1, 0.15) is 0 Å². The SMILES string of the molecule is CCNCC1(OCCC2CC2)CCCC1. The van der Waals surface area contributed by atoms with Crippen LogP contribution < -0.4 is 5.32 Å². The molecule has 0 amide bonds. The molecule has 2 fully saturated rings. The third kappa shape index (κ3) is 3.46. The minimum Gasteiger partial charge on any atom is -0.374 e. The first-order valence-corrected chi connectivity index (χ1v) is 6.69. The van der Waals surface area contributed by atoms with Gasteiger partial charge in [0.05, 0.1) is 5.60 Å². The molecule has 0 aromatic carbocycles. The Morgan fingerprint density at radius 3 is 2.60 bits per heavy atom. The lowest BCUT2D eigenvalue weighted by Gasteiger charge is -2.29. The standard InChI is InChI=1S/C13H25NO/c1-2-14-11-13(8-3-4-9-13)15-10-7-12-5-6-12/h12,14H,2-11H2,1H3. The van der Waals surface area contributed by atoms with Gasteiger partial charge in [0, 0.05) is 13.2 Å². The van der Waals surface area contributed by atoms with E-state index >= 15 is 0 Å². The van der Waals surface area contributed by atoms with E-state index in [9.17, 15) is 0 Å². The van der Waals surface area contributed by atoms with E-state index in [1.807, 2.05) is 0 Å². The second-order valence-corrected chi connectivity index (χ2v) is 5.25. The molecule has 0 bridgehead atoms. The van der Waals surface area contributed by atoms with Crippen LogP contribution in [0.4, 0.5) is 0 Å². The zero-order valence-corrected chi connectivity index (χ0v) is 10.1. The Balaban J connectivity index is 1.70. The Morgan fingerprint density at radius 2 is 2.00 bits per heavy atom. The summed E-state index contributed by atoms with van der Waals surface area (Å²) in [5.41, 5.74) is 0.199. The molecule has 2 aliphatic carbocycles. The van der Waals surface area contributed by atoms with E-state index in [0.29, 0.717) is 0 Å². The van der Waals surface area contributed by atoms with E-state index < -0.39 is 0 Å². The first-order chi connectivity index (χ1) is 7.35. The Morgan fingerprint density at radius 1 is 1.27 bits per heavy atom. The minimum absolute atomic E-state index is 0.199. The summed E-state index contributed by atoms with van der Waals surface area (Å²) in [6.45, 7) is 5.30. The first kappa shape index (κ1) is 11.4. The Kier molecular flexibility index (Phi) is 4.04. The lowest BCUT2D eigenvalue weighted by atomic mass is 10.0. The maximum Gasteiger partial charge on any atom is 0.0806 e. The fourth-order valence-corrected chi connectivity index (χ4v) is 2.59. The van der Waals surface area contributed by atoms with Crippen LogP contribution in [0, 0.1) is 5.92 Å². The zero-order chi connectivity index (χ0) is 10.6. The van der Waals surface area contributed by atoms with Crippen molar-refractivity contribution in [2.75, 3.05) is 19.7 Å². The Bertz CT molecular complexity index is 183. The molecule has 2 rings (SSSR count). The van der Waals surface area contributed by atoms with Crippen LogP contribution in [0.3, 0.4) is 0 Å². The highest BCUT2D eigenvalue weighted by atomic mass is 16.5. The minimum atomic E-state index is 0.199. The molecule has 0 spiro atoms. The van der Waals surface area contributed by atoms with Gasteiger partial charge in [-0.2, -0.15) is 0 Å². The molecule has 0 saturated heterocycles. The van der Waals surface area contributed by atoms with Crippen molar-refractivity contribution in [3.63, 3.8) is 0 Å². The molecule has 0 heterocycles. The molecule has 0 unspecified atom stereocenters. The summed E-state index contributed by atoms with van der Waals surface area (Å²) >= 11 is 0. The van der Waals surface area contributed by atoms with Crippen molar-refractivity contribution >= 4 is 0 Å². The highest BCUT2D eigenvalue weighted by Gasteiger charge is 2.34. The summed E-state index contributed by atoms with van der Waals surface area (Å²) in [4.78, 5) is 0. The number of hydrogen-bond donors (Lipinski definition) is 1.